The molecule has 2 rings (SSSR count). The van der Waals surface area contributed by atoms with E-state index < -0.39 is 0 Å². The lowest BCUT2D eigenvalue weighted by atomic mass is 9.87. The van der Waals surface area contributed by atoms with Crippen LogP contribution in [0, 0.1) is 11.8 Å². The first kappa shape index (κ1) is 15.0. The zero-order valence-corrected chi connectivity index (χ0v) is 12.2. The van der Waals surface area contributed by atoms with Crippen LogP contribution in [0.2, 0.25) is 0 Å². The highest BCUT2D eigenvalue weighted by molar-refractivity contribution is 5.69. The number of rotatable bonds is 6. The van der Waals surface area contributed by atoms with Crippen LogP contribution in [0.25, 0.3) is 0 Å². The Bertz CT molecular complexity index is 442. The van der Waals surface area contributed by atoms with Crippen molar-refractivity contribution in [3.8, 4) is 0 Å². The van der Waals surface area contributed by atoms with Gasteiger partial charge >= 0.3 is 5.97 Å². The van der Waals surface area contributed by atoms with Crippen molar-refractivity contribution in [2.24, 2.45) is 11.8 Å². The summed E-state index contributed by atoms with van der Waals surface area (Å²) in [6.07, 6.45) is 5.76. The number of hydrogen-bond donors (Lipinski definition) is 1. The zero-order valence-electron chi connectivity index (χ0n) is 12.2. The Hall–Kier alpha value is -1.35. The first-order valence-electron chi connectivity index (χ1n) is 7.49. The second-order valence-corrected chi connectivity index (χ2v) is 5.68. The van der Waals surface area contributed by atoms with E-state index in [-0.39, 0.29) is 5.97 Å². The third-order valence-electron chi connectivity index (χ3n) is 4.48. The van der Waals surface area contributed by atoms with Crippen LogP contribution in [0.4, 0.5) is 0 Å². The molecule has 0 aliphatic heterocycles. The Morgan fingerprint density at radius 3 is 2.65 bits per heavy atom. The minimum absolute atomic E-state index is 0.158. The molecule has 0 saturated heterocycles. The van der Waals surface area contributed by atoms with Gasteiger partial charge in [-0.25, -0.2) is 0 Å². The zero-order chi connectivity index (χ0) is 14.4. The van der Waals surface area contributed by atoms with Crippen molar-refractivity contribution in [1.29, 1.82) is 0 Å². The molecule has 20 heavy (non-hydrogen) atoms. The van der Waals surface area contributed by atoms with Gasteiger partial charge in [-0.05, 0) is 48.6 Å². The predicted octanol–water partition coefficient (Wildman–Crippen LogP) is 2.74. The van der Waals surface area contributed by atoms with Gasteiger partial charge in [0.25, 0.3) is 0 Å². The Balaban J connectivity index is 2.02. The Labute approximate surface area is 121 Å². The number of ether oxygens (including phenoxy) is 1. The fourth-order valence-corrected chi connectivity index (χ4v) is 3.24. The van der Waals surface area contributed by atoms with Gasteiger partial charge in [0.15, 0.2) is 0 Å². The van der Waals surface area contributed by atoms with Gasteiger partial charge in [-0.1, -0.05) is 30.7 Å². The van der Waals surface area contributed by atoms with E-state index in [0.717, 1.165) is 19.3 Å². The summed E-state index contributed by atoms with van der Waals surface area (Å²) in [5.74, 6) is 0.872. The number of aliphatic hydroxyl groups is 1. The summed E-state index contributed by atoms with van der Waals surface area (Å²) >= 11 is 0. The third-order valence-corrected chi connectivity index (χ3v) is 4.48. The second kappa shape index (κ2) is 7.44. The van der Waals surface area contributed by atoms with Crippen LogP contribution >= 0.6 is 0 Å². The molecule has 1 aliphatic rings. The Morgan fingerprint density at radius 2 is 1.95 bits per heavy atom. The fourth-order valence-electron chi connectivity index (χ4n) is 3.24. The summed E-state index contributed by atoms with van der Waals surface area (Å²) in [6.45, 7) is 0.301. The van der Waals surface area contributed by atoms with E-state index in [9.17, 15) is 9.90 Å². The summed E-state index contributed by atoms with van der Waals surface area (Å²) in [5.41, 5.74) is 2.56. The Morgan fingerprint density at radius 1 is 1.25 bits per heavy atom. The highest BCUT2D eigenvalue weighted by atomic mass is 16.5. The van der Waals surface area contributed by atoms with Crippen LogP contribution in [0.3, 0.4) is 0 Å². The normalized spacial score (nSPS) is 21.9. The van der Waals surface area contributed by atoms with Gasteiger partial charge in [0.2, 0.25) is 0 Å². The molecule has 3 nitrogen and oxygen atoms in total. The molecule has 0 amide bonds. The molecule has 1 aromatic carbocycles. The number of methoxy groups -OCH3 is 1. The largest absolute Gasteiger partial charge is 0.469 e. The lowest BCUT2D eigenvalue weighted by molar-refractivity contribution is -0.140. The van der Waals surface area contributed by atoms with Crippen molar-refractivity contribution in [3.63, 3.8) is 0 Å². The molecular formula is C17H24O3. The number of carbonyl (C=O) groups is 1. The number of carbonyl (C=O) groups excluding carboxylic acids is 1. The van der Waals surface area contributed by atoms with Gasteiger partial charge in [0.05, 0.1) is 7.11 Å². The van der Waals surface area contributed by atoms with Crippen molar-refractivity contribution in [3.05, 3.63) is 35.4 Å². The molecule has 1 aromatic rings. The van der Waals surface area contributed by atoms with Gasteiger partial charge in [-0.3, -0.25) is 4.79 Å². The molecule has 0 spiro atoms. The fraction of sp³-hybridized carbons (Fsp3) is 0.588. The highest BCUT2D eigenvalue weighted by Crippen LogP contribution is 2.34. The quantitative estimate of drug-likeness (QED) is 0.813. The average Bonchev–Trinajstić information content (AvgIpc) is 2.93. The van der Waals surface area contributed by atoms with Crippen LogP contribution in [-0.4, -0.2) is 24.8 Å². The van der Waals surface area contributed by atoms with E-state index in [1.165, 1.54) is 31.1 Å². The van der Waals surface area contributed by atoms with E-state index in [2.05, 4.69) is 18.2 Å². The molecule has 110 valence electrons. The molecule has 1 N–H and O–H groups in total. The number of aliphatic hydroxyl groups excluding tert-OH is 1. The van der Waals surface area contributed by atoms with Crippen molar-refractivity contribution >= 4 is 5.97 Å². The molecule has 1 fully saturated rings. The summed E-state index contributed by atoms with van der Waals surface area (Å²) in [7, 11) is 1.43. The molecule has 0 unspecified atom stereocenters. The van der Waals surface area contributed by atoms with E-state index in [0.29, 0.717) is 24.9 Å². The first-order valence-corrected chi connectivity index (χ1v) is 7.49. The molecule has 2 atom stereocenters. The van der Waals surface area contributed by atoms with E-state index in [1.807, 2.05) is 6.07 Å². The topological polar surface area (TPSA) is 46.5 Å². The molecule has 1 saturated carbocycles. The van der Waals surface area contributed by atoms with Gasteiger partial charge < -0.3 is 9.84 Å². The van der Waals surface area contributed by atoms with E-state index in [1.54, 1.807) is 0 Å². The van der Waals surface area contributed by atoms with Crippen LogP contribution in [0.5, 0.6) is 0 Å². The van der Waals surface area contributed by atoms with Crippen molar-refractivity contribution in [2.75, 3.05) is 13.7 Å². The van der Waals surface area contributed by atoms with E-state index >= 15 is 0 Å². The van der Waals surface area contributed by atoms with Gasteiger partial charge in [0.1, 0.15) is 0 Å². The molecule has 0 radical (unpaired) electrons. The maximum absolute atomic E-state index is 11.3. The highest BCUT2D eigenvalue weighted by Gasteiger charge is 2.27. The Kier molecular flexibility index (Phi) is 5.60. The number of benzene rings is 1. The third kappa shape index (κ3) is 3.83. The lowest BCUT2D eigenvalue weighted by Gasteiger charge is -2.19. The SMILES string of the molecule is COC(=O)CCc1ccccc1C[C@@H]1CCC[C@H]1CO. The molecule has 1 aliphatic carbocycles. The molecule has 3 heteroatoms. The molecule has 0 bridgehead atoms. The summed E-state index contributed by atoms with van der Waals surface area (Å²) in [4.78, 5) is 11.3. The minimum atomic E-state index is -0.158. The second-order valence-electron chi connectivity index (χ2n) is 5.68. The maximum Gasteiger partial charge on any atom is 0.305 e. The number of hydrogen-bond acceptors (Lipinski definition) is 3. The van der Waals surface area contributed by atoms with E-state index in [4.69, 9.17) is 4.74 Å². The molecular weight excluding hydrogens is 252 g/mol. The number of aryl methyl sites for hydroxylation is 1. The van der Waals surface area contributed by atoms with Crippen LogP contribution in [-0.2, 0) is 22.4 Å². The van der Waals surface area contributed by atoms with Crippen LogP contribution < -0.4 is 0 Å². The van der Waals surface area contributed by atoms with Crippen molar-refractivity contribution < 1.29 is 14.6 Å². The summed E-state index contributed by atoms with van der Waals surface area (Å²) in [6, 6.07) is 8.33. The first-order chi connectivity index (χ1) is 9.74. The van der Waals surface area contributed by atoms with Crippen molar-refractivity contribution in [2.45, 2.75) is 38.5 Å². The predicted molar refractivity (Wildman–Crippen MR) is 78.4 cm³/mol. The summed E-state index contributed by atoms with van der Waals surface area (Å²) in [5, 5.41) is 9.43. The maximum atomic E-state index is 11.3. The standard InChI is InChI=1S/C17H24O3/c1-20-17(19)10-9-13-5-2-3-6-14(13)11-15-7-4-8-16(15)12-18/h2-3,5-6,15-16,18H,4,7-12H2,1H3/t15-,16-/m0/s1. The number of esters is 1. The average molecular weight is 276 g/mol. The van der Waals surface area contributed by atoms with Gasteiger partial charge in [-0.2, -0.15) is 0 Å². The molecule has 0 aromatic heterocycles. The van der Waals surface area contributed by atoms with Crippen LogP contribution in [0.15, 0.2) is 24.3 Å². The smallest absolute Gasteiger partial charge is 0.305 e. The van der Waals surface area contributed by atoms with Gasteiger partial charge in [0, 0.05) is 13.0 Å². The van der Waals surface area contributed by atoms with Crippen molar-refractivity contribution in [1.82, 2.24) is 0 Å². The minimum Gasteiger partial charge on any atom is -0.469 e. The molecule has 0 heterocycles. The lowest BCUT2D eigenvalue weighted by Crippen LogP contribution is -2.15. The van der Waals surface area contributed by atoms with Gasteiger partial charge in [-0.15, -0.1) is 0 Å². The van der Waals surface area contributed by atoms with Crippen LogP contribution in [0.1, 0.15) is 36.8 Å². The summed E-state index contributed by atoms with van der Waals surface area (Å²) < 4.78 is 4.71. The monoisotopic (exact) mass is 276 g/mol.